The van der Waals surface area contributed by atoms with Gasteiger partial charge >= 0.3 is 0 Å². The van der Waals surface area contributed by atoms with Crippen molar-refractivity contribution in [3.8, 4) is 22.1 Å². The number of hydrogen-bond acceptors (Lipinski definition) is 5. The van der Waals surface area contributed by atoms with Crippen molar-refractivity contribution in [3.63, 3.8) is 0 Å². The van der Waals surface area contributed by atoms with E-state index in [1.807, 2.05) is 60.7 Å². The minimum absolute atomic E-state index is 0.524. The van der Waals surface area contributed by atoms with E-state index in [0.29, 0.717) is 5.84 Å². The number of para-hydroxylation sites is 3. The Bertz CT molecular complexity index is 1510. The Kier molecular flexibility index (Phi) is 4.59. The third-order valence-corrected chi connectivity index (χ3v) is 6.79. The summed E-state index contributed by atoms with van der Waals surface area (Å²) in [5.74, 6) is 2.18. The molecule has 33 heavy (non-hydrogen) atoms. The topological polar surface area (TPSA) is 63.7 Å². The van der Waals surface area contributed by atoms with Gasteiger partial charge in [-0.3, -0.25) is 4.99 Å². The molecule has 4 aromatic carbocycles. The highest BCUT2D eigenvalue weighted by Gasteiger charge is 2.26. The van der Waals surface area contributed by atoms with E-state index in [-0.39, 0.29) is 0 Å². The number of nitrogens with zero attached hydrogens (tertiary/aromatic N) is 3. The van der Waals surface area contributed by atoms with Gasteiger partial charge < -0.3 is 15.4 Å². The second kappa shape index (κ2) is 7.76. The third-order valence-electron chi connectivity index (χ3n) is 5.72. The first-order chi connectivity index (χ1) is 16.2. The van der Waals surface area contributed by atoms with E-state index >= 15 is 0 Å². The molecule has 0 radical (unpaired) electrons. The van der Waals surface area contributed by atoms with Gasteiger partial charge in [-0.15, -0.1) is 11.3 Å². The van der Waals surface area contributed by atoms with Crippen molar-refractivity contribution in [2.45, 2.75) is 0 Å². The van der Waals surface area contributed by atoms with Crippen LogP contribution in [0.3, 0.4) is 0 Å². The zero-order chi connectivity index (χ0) is 22.4. The van der Waals surface area contributed by atoms with Gasteiger partial charge in [-0.25, -0.2) is 4.98 Å². The highest BCUT2D eigenvalue weighted by molar-refractivity contribution is 7.21. The van der Waals surface area contributed by atoms with Crippen LogP contribution in [0.2, 0.25) is 0 Å². The molecule has 1 aliphatic heterocycles. The fourth-order valence-corrected chi connectivity index (χ4v) is 5.05. The van der Waals surface area contributed by atoms with Gasteiger partial charge in [0.05, 0.1) is 21.6 Å². The van der Waals surface area contributed by atoms with E-state index in [2.05, 4.69) is 40.2 Å². The number of hydrogen-bond donors (Lipinski definition) is 1. The Morgan fingerprint density at radius 3 is 2.42 bits per heavy atom. The molecule has 0 unspecified atom stereocenters. The van der Waals surface area contributed by atoms with Crippen molar-refractivity contribution >= 4 is 44.5 Å². The van der Waals surface area contributed by atoms with Crippen LogP contribution >= 0.6 is 11.3 Å². The van der Waals surface area contributed by atoms with Gasteiger partial charge in [-0.2, -0.15) is 0 Å². The lowest BCUT2D eigenvalue weighted by molar-refractivity contribution is 0.478. The molecular formula is C27H20N4OS. The summed E-state index contributed by atoms with van der Waals surface area (Å²) in [7, 11) is 1.69. The summed E-state index contributed by atoms with van der Waals surface area (Å²) < 4.78 is 7.40. The van der Waals surface area contributed by atoms with Crippen molar-refractivity contribution in [2.75, 3.05) is 11.9 Å². The predicted octanol–water partition coefficient (Wildman–Crippen LogP) is 6.87. The van der Waals surface area contributed by atoms with Crippen LogP contribution in [-0.2, 0) is 0 Å². The van der Waals surface area contributed by atoms with E-state index in [1.54, 1.807) is 18.4 Å². The maximum Gasteiger partial charge on any atom is 0.153 e. The van der Waals surface area contributed by atoms with Crippen LogP contribution in [0.1, 0.15) is 5.56 Å². The molecule has 0 fully saturated rings. The van der Waals surface area contributed by atoms with Crippen LogP contribution in [0.15, 0.2) is 96.0 Å². The molecule has 2 heterocycles. The number of ether oxygens (including phenoxy) is 1. The Morgan fingerprint density at radius 2 is 1.64 bits per heavy atom. The van der Waals surface area contributed by atoms with Crippen LogP contribution in [-0.4, -0.2) is 17.9 Å². The molecule has 5 aromatic rings. The van der Waals surface area contributed by atoms with Crippen LogP contribution in [0, 0.1) is 0 Å². The zero-order valence-corrected chi connectivity index (χ0v) is 18.7. The van der Waals surface area contributed by atoms with Gasteiger partial charge in [0.15, 0.2) is 11.5 Å². The average molecular weight is 449 g/mol. The molecule has 6 heteroatoms. The number of aliphatic imine (C=N–C) groups is 1. The summed E-state index contributed by atoms with van der Waals surface area (Å²) in [6.45, 7) is 0. The van der Waals surface area contributed by atoms with Gasteiger partial charge in [0.1, 0.15) is 10.8 Å². The van der Waals surface area contributed by atoms with Crippen LogP contribution in [0.4, 0.5) is 17.1 Å². The standard InChI is InChI=1S/C27H20N4OS/c1-29-26(28)17-11-13-18(14-12-17)27-30-20-15-22-24(16-25(20)33-27)32-23-10-6-5-9-21(23)31(22)19-7-3-2-4-8-19/h2-16H,1H3,(H2,28,29). The monoisotopic (exact) mass is 448 g/mol. The van der Waals surface area contributed by atoms with E-state index in [0.717, 1.165) is 54.9 Å². The number of thiazole rings is 1. The number of rotatable bonds is 3. The lowest BCUT2D eigenvalue weighted by Crippen LogP contribution is -2.15. The van der Waals surface area contributed by atoms with Crippen molar-refractivity contribution < 1.29 is 4.74 Å². The minimum Gasteiger partial charge on any atom is -0.453 e. The minimum atomic E-state index is 0.524. The van der Waals surface area contributed by atoms with Crippen LogP contribution in [0.5, 0.6) is 11.5 Å². The second-order valence-electron chi connectivity index (χ2n) is 7.73. The fraction of sp³-hybridized carbons (Fsp3) is 0.0370. The molecule has 1 aromatic heterocycles. The number of amidine groups is 1. The molecular weight excluding hydrogens is 428 g/mol. The molecule has 6 rings (SSSR count). The lowest BCUT2D eigenvalue weighted by atomic mass is 10.1. The molecule has 0 spiro atoms. The fourth-order valence-electron chi connectivity index (χ4n) is 4.07. The maximum absolute atomic E-state index is 6.32. The molecule has 0 aliphatic carbocycles. The second-order valence-corrected chi connectivity index (χ2v) is 8.76. The largest absolute Gasteiger partial charge is 0.453 e. The van der Waals surface area contributed by atoms with E-state index in [9.17, 15) is 0 Å². The molecule has 1 aliphatic rings. The molecule has 0 bridgehead atoms. The van der Waals surface area contributed by atoms with Gasteiger partial charge in [-0.05, 0) is 30.3 Å². The first-order valence-electron chi connectivity index (χ1n) is 10.6. The number of anilines is 3. The smallest absolute Gasteiger partial charge is 0.153 e. The van der Waals surface area contributed by atoms with Crippen molar-refractivity contribution in [3.05, 3.63) is 96.6 Å². The average Bonchev–Trinajstić information content (AvgIpc) is 3.29. The predicted molar refractivity (Wildman–Crippen MR) is 136 cm³/mol. The Labute approximate surface area is 195 Å². The summed E-state index contributed by atoms with van der Waals surface area (Å²) in [6.07, 6.45) is 0. The molecule has 0 saturated heterocycles. The van der Waals surface area contributed by atoms with E-state index < -0.39 is 0 Å². The van der Waals surface area contributed by atoms with Gasteiger partial charge in [0, 0.05) is 29.9 Å². The number of fused-ring (bicyclic) bond motifs is 3. The molecule has 0 amide bonds. The molecule has 160 valence electrons. The van der Waals surface area contributed by atoms with E-state index in [4.69, 9.17) is 15.5 Å². The number of aromatic nitrogens is 1. The van der Waals surface area contributed by atoms with Gasteiger partial charge in [0.2, 0.25) is 0 Å². The van der Waals surface area contributed by atoms with Crippen LogP contribution in [0.25, 0.3) is 20.8 Å². The van der Waals surface area contributed by atoms with Crippen molar-refractivity contribution in [2.24, 2.45) is 10.7 Å². The lowest BCUT2D eigenvalue weighted by Gasteiger charge is -2.32. The molecule has 5 nitrogen and oxygen atoms in total. The summed E-state index contributed by atoms with van der Waals surface area (Å²) in [4.78, 5) is 11.2. The zero-order valence-electron chi connectivity index (χ0n) is 17.9. The van der Waals surface area contributed by atoms with E-state index in [1.165, 1.54) is 0 Å². The summed E-state index contributed by atoms with van der Waals surface area (Å²) in [6, 6.07) is 30.7. The normalized spacial score (nSPS) is 12.9. The molecule has 2 N–H and O–H groups in total. The Morgan fingerprint density at radius 1 is 0.879 bits per heavy atom. The molecule has 0 atom stereocenters. The highest BCUT2D eigenvalue weighted by atomic mass is 32.1. The summed E-state index contributed by atoms with van der Waals surface area (Å²) >= 11 is 1.65. The van der Waals surface area contributed by atoms with Gasteiger partial charge in [0.25, 0.3) is 0 Å². The number of benzene rings is 4. The van der Waals surface area contributed by atoms with Crippen molar-refractivity contribution in [1.29, 1.82) is 0 Å². The maximum atomic E-state index is 6.32. The third kappa shape index (κ3) is 3.32. The summed E-state index contributed by atoms with van der Waals surface area (Å²) in [5, 5.41) is 0.953. The SMILES string of the molecule is CN=C(N)c1ccc(-c2nc3cc4c(cc3s2)Oc2ccccc2N4c2ccccc2)cc1. The van der Waals surface area contributed by atoms with Crippen LogP contribution < -0.4 is 15.4 Å². The highest BCUT2D eigenvalue weighted by Crippen LogP contribution is 2.51. The molecule has 0 saturated carbocycles. The number of nitrogens with two attached hydrogens (primary N) is 1. The Hall–Kier alpha value is -4.16. The Balaban J connectivity index is 1.47. The van der Waals surface area contributed by atoms with Crippen molar-refractivity contribution in [1.82, 2.24) is 4.98 Å². The first-order valence-corrected chi connectivity index (χ1v) is 11.4. The first kappa shape index (κ1) is 19.5. The quantitative estimate of drug-likeness (QED) is 0.237. The summed E-state index contributed by atoms with van der Waals surface area (Å²) in [5.41, 5.74) is 11.9. The van der Waals surface area contributed by atoms with Gasteiger partial charge in [-0.1, -0.05) is 54.6 Å².